The minimum atomic E-state index is -0.840. The van der Waals surface area contributed by atoms with Gasteiger partial charge in [-0.3, -0.25) is 14.4 Å². The molecule has 0 saturated heterocycles. The molecule has 0 aromatic carbocycles. The molecular formula is C49H72O6. The third-order valence-electron chi connectivity index (χ3n) is 7.82. The zero-order valence-corrected chi connectivity index (χ0v) is 34.4. The number of hydrogen-bond donors (Lipinski definition) is 0. The molecule has 304 valence electrons. The van der Waals surface area contributed by atoms with Gasteiger partial charge in [0.1, 0.15) is 13.2 Å². The predicted molar refractivity (Wildman–Crippen MR) is 232 cm³/mol. The maximum absolute atomic E-state index is 12.7. The zero-order chi connectivity index (χ0) is 40.1. The molecule has 0 fully saturated rings. The molecule has 0 aromatic rings. The van der Waals surface area contributed by atoms with Crippen molar-refractivity contribution >= 4 is 17.9 Å². The lowest BCUT2D eigenvalue weighted by atomic mass is 10.1. The van der Waals surface area contributed by atoms with Crippen molar-refractivity contribution in [1.29, 1.82) is 0 Å². The third-order valence-corrected chi connectivity index (χ3v) is 7.82. The number of rotatable bonds is 34. The van der Waals surface area contributed by atoms with E-state index in [1.165, 1.54) is 0 Å². The van der Waals surface area contributed by atoms with Crippen LogP contribution in [0.1, 0.15) is 136 Å². The summed E-state index contributed by atoms with van der Waals surface area (Å²) in [5.74, 6) is -1.11. The molecule has 0 radical (unpaired) electrons. The summed E-state index contributed by atoms with van der Waals surface area (Å²) in [7, 11) is 0. The Balaban J connectivity index is 4.65. The van der Waals surface area contributed by atoms with Crippen LogP contribution >= 0.6 is 0 Å². The fraction of sp³-hybridized carbons (Fsp3) is 0.490. The Hall–Kier alpha value is -4.45. The summed E-state index contributed by atoms with van der Waals surface area (Å²) in [6.07, 6.45) is 58.8. The molecule has 0 spiro atoms. The van der Waals surface area contributed by atoms with Gasteiger partial charge in [0.05, 0.1) is 0 Å². The minimum absolute atomic E-state index is 0.142. The van der Waals surface area contributed by atoms with Crippen LogP contribution in [0.5, 0.6) is 0 Å². The van der Waals surface area contributed by atoms with E-state index >= 15 is 0 Å². The highest BCUT2D eigenvalue weighted by Crippen LogP contribution is 2.11. The number of allylic oxidation sites excluding steroid dienone is 22. The Morgan fingerprint density at radius 3 is 1.29 bits per heavy atom. The quantitative estimate of drug-likeness (QED) is 0.0214. The molecule has 0 aromatic heterocycles. The van der Waals surface area contributed by atoms with Crippen molar-refractivity contribution in [1.82, 2.24) is 0 Å². The van der Waals surface area contributed by atoms with Crippen LogP contribution in [-0.2, 0) is 28.6 Å². The number of unbranched alkanes of at least 4 members (excludes halogenated alkanes) is 7. The van der Waals surface area contributed by atoms with Crippen LogP contribution in [0.3, 0.4) is 0 Å². The topological polar surface area (TPSA) is 78.9 Å². The summed E-state index contributed by atoms with van der Waals surface area (Å²) in [6, 6.07) is 0. The SMILES string of the molecule is CC\C=C/C=C\C=C/C=C\C=C/CCCC(=O)OCC(COC(=O)CCC/C=C\C/C=C\C/C=C\CC)OC(=O)CCCCCCC\C=C/C=C\C=C/CC. The second-order valence-electron chi connectivity index (χ2n) is 12.9. The highest BCUT2D eigenvalue weighted by atomic mass is 16.6. The van der Waals surface area contributed by atoms with E-state index in [9.17, 15) is 14.4 Å². The molecule has 1 unspecified atom stereocenters. The lowest BCUT2D eigenvalue weighted by Gasteiger charge is -2.18. The van der Waals surface area contributed by atoms with E-state index < -0.39 is 6.10 Å². The van der Waals surface area contributed by atoms with Crippen LogP contribution in [0, 0.1) is 0 Å². The lowest BCUT2D eigenvalue weighted by Crippen LogP contribution is -2.30. The van der Waals surface area contributed by atoms with Gasteiger partial charge in [0.2, 0.25) is 0 Å². The van der Waals surface area contributed by atoms with E-state index in [0.717, 1.165) is 83.5 Å². The first kappa shape index (κ1) is 50.5. The Labute approximate surface area is 334 Å². The van der Waals surface area contributed by atoms with Crippen LogP contribution in [0.4, 0.5) is 0 Å². The summed E-state index contributed by atoms with van der Waals surface area (Å²) in [6.45, 7) is 6.05. The first-order valence-corrected chi connectivity index (χ1v) is 20.8. The van der Waals surface area contributed by atoms with Crippen molar-refractivity contribution in [3.8, 4) is 0 Å². The van der Waals surface area contributed by atoms with E-state index in [1.807, 2.05) is 66.8 Å². The van der Waals surface area contributed by atoms with Gasteiger partial charge in [-0.05, 0) is 77.0 Å². The number of hydrogen-bond acceptors (Lipinski definition) is 6. The minimum Gasteiger partial charge on any atom is -0.462 e. The van der Waals surface area contributed by atoms with E-state index in [2.05, 4.69) is 87.6 Å². The Bertz CT molecular complexity index is 1280. The van der Waals surface area contributed by atoms with Gasteiger partial charge < -0.3 is 14.2 Å². The summed E-state index contributed by atoms with van der Waals surface area (Å²) in [5, 5.41) is 0. The van der Waals surface area contributed by atoms with Crippen LogP contribution in [0.25, 0.3) is 0 Å². The zero-order valence-electron chi connectivity index (χ0n) is 34.4. The molecule has 0 bridgehead atoms. The van der Waals surface area contributed by atoms with Crippen LogP contribution in [0.15, 0.2) is 134 Å². The molecule has 55 heavy (non-hydrogen) atoms. The van der Waals surface area contributed by atoms with Crippen LogP contribution < -0.4 is 0 Å². The monoisotopic (exact) mass is 757 g/mol. The fourth-order valence-electron chi connectivity index (χ4n) is 4.79. The fourth-order valence-corrected chi connectivity index (χ4v) is 4.79. The van der Waals surface area contributed by atoms with Crippen molar-refractivity contribution in [2.45, 2.75) is 142 Å². The van der Waals surface area contributed by atoms with Gasteiger partial charge in [-0.2, -0.15) is 0 Å². The Kier molecular flexibility index (Phi) is 38.9. The lowest BCUT2D eigenvalue weighted by molar-refractivity contribution is -0.167. The molecule has 6 nitrogen and oxygen atoms in total. The van der Waals surface area contributed by atoms with Gasteiger partial charge >= 0.3 is 17.9 Å². The normalized spacial score (nSPS) is 13.4. The van der Waals surface area contributed by atoms with E-state index in [-0.39, 0.29) is 50.4 Å². The third kappa shape index (κ3) is 40.6. The molecule has 0 amide bonds. The summed E-state index contributed by atoms with van der Waals surface area (Å²) in [5.41, 5.74) is 0. The van der Waals surface area contributed by atoms with E-state index in [4.69, 9.17) is 14.2 Å². The number of ether oxygens (including phenoxy) is 3. The first-order valence-electron chi connectivity index (χ1n) is 20.8. The maximum atomic E-state index is 12.7. The van der Waals surface area contributed by atoms with Crippen molar-refractivity contribution in [3.05, 3.63) is 134 Å². The maximum Gasteiger partial charge on any atom is 0.306 e. The summed E-state index contributed by atoms with van der Waals surface area (Å²) >= 11 is 0. The molecule has 0 aliphatic carbocycles. The van der Waals surface area contributed by atoms with Crippen LogP contribution in [0.2, 0.25) is 0 Å². The predicted octanol–water partition coefficient (Wildman–Crippen LogP) is 13.2. The molecule has 0 N–H and O–H groups in total. The van der Waals surface area contributed by atoms with E-state index in [0.29, 0.717) is 12.8 Å². The van der Waals surface area contributed by atoms with Crippen LogP contribution in [-0.4, -0.2) is 37.2 Å². The van der Waals surface area contributed by atoms with Gasteiger partial charge in [-0.1, -0.05) is 174 Å². The van der Waals surface area contributed by atoms with Gasteiger partial charge in [0, 0.05) is 19.3 Å². The largest absolute Gasteiger partial charge is 0.462 e. The average molecular weight is 757 g/mol. The average Bonchev–Trinajstić information content (AvgIpc) is 3.18. The summed E-state index contributed by atoms with van der Waals surface area (Å²) < 4.78 is 16.5. The first-order chi connectivity index (χ1) is 27.0. The van der Waals surface area contributed by atoms with E-state index in [1.54, 1.807) is 0 Å². The molecular weight excluding hydrogens is 685 g/mol. The highest BCUT2D eigenvalue weighted by molar-refractivity contribution is 5.71. The second kappa shape index (κ2) is 42.3. The van der Waals surface area contributed by atoms with Crippen molar-refractivity contribution in [3.63, 3.8) is 0 Å². The Morgan fingerprint density at radius 1 is 0.382 bits per heavy atom. The molecule has 1 atom stereocenters. The molecule has 0 aliphatic rings. The second-order valence-corrected chi connectivity index (χ2v) is 12.9. The van der Waals surface area contributed by atoms with Crippen molar-refractivity contribution in [2.24, 2.45) is 0 Å². The smallest absolute Gasteiger partial charge is 0.306 e. The molecule has 0 rings (SSSR count). The summed E-state index contributed by atoms with van der Waals surface area (Å²) in [4.78, 5) is 37.6. The number of esters is 3. The van der Waals surface area contributed by atoms with Gasteiger partial charge in [0.15, 0.2) is 6.10 Å². The Morgan fingerprint density at radius 2 is 0.764 bits per heavy atom. The molecule has 0 saturated carbocycles. The van der Waals surface area contributed by atoms with Gasteiger partial charge in [0.25, 0.3) is 0 Å². The van der Waals surface area contributed by atoms with Gasteiger partial charge in [-0.15, -0.1) is 0 Å². The molecule has 0 aliphatic heterocycles. The van der Waals surface area contributed by atoms with Crippen molar-refractivity contribution < 1.29 is 28.6 Å². The highest BCUT2D eigenvalue weighted by Gasteiger charge is 2.19. The standard InChI is InChI=1S/C49H72O6/c1-4-7-10-13-16-19-22-24-27-30-33-36-39-42-48(51)54-45-46(44-53-47(50)41-38-35-32-29-26-21-18-15-12-9-6-3)55-49(52)43-40-37-34-31-28-25-23-20-17-14-11-8-5-2/h7-14,16-24,27,29-30,32-33,46H,4-6,15,25-26,28,31,34-45H2,1-3H3/b10-7-,11-8-,12-9-,16-13-,17-14-,21-18-,22-19-,23-20-,27-24-,32-29-,33-30-. The molecule has 6 heteroatoms. The van der Waals surface area contributed by atoms with Gasteiger partial charge in [-0.25, -0.2) is 0 Å². The number of carbonyl (C=O) groups is 3. The number of carbonyl (C=O) groups excluding carboxylic acids is 3. The molecule has 0 heterocycles. The van der Waals surface area contributed by atoms with Crippen molar-refractivity contribution in [2.75, 3.05) is 13.2 Å².